The number of carbonyl (C=O) groups excluding carboxylic acids is 1. The third-order valence-electron chi connectivity index (χ3n) is 5.35. The van der Waals surface area contributed by atoms with Crippen molar-refractivity contribution in [1.82, 2.24) is 0 Å². The van der Waals surface area contributed by atoms with E-state index < -0.39 is 0 Å². The molecule has 1 atom stereocenters. The molecule has 0 saturated carbocycles. The summed E-state index contributed by atoms with van der Waals surface area (Å²) in [5.74, 6) is 0.755. The Balaban J connectivity index is 1.71. The van der Waals surface area contributed by atoms with Crippen LogP contribution in [0.5, 0.6) is 5.75 Å². The van der Waals surface area contributed by atoms with Crippen LogP contribution in [-0.4, -0.2) is 13.1 Å². The van der Waals surface area contributed by atoms with Gasteiger partial charge in [0, 0.05) is 6.42 Å². The molecule has 0 bridgehead atoms. The van der Waals surface area contributed by atoms with Gasteiger partial charge in [-0.15, -0.1) is 0 Å². The zero-order valence-corrected chi connectivity index (χ0v) is 18.3. The van der Waals surface area contributed by atoms with Crippen LogP contribution in [0.4, 0.5) is 0 Å². The molecule has 158 valence electrons. The molecule has 3 nitrogen and oxygen atoms in total. The fraction of sp³-hybridized carbons (Fsp3) is 0.500. The van der Waals surface area contributed by atoms with Crippen molar-refractivity contribution < 1.29 is 14.3 Å². The van der Waals surface area contributed by atoms with Crippen molar-refractivity contribution in [2.45, 2.75) is 77.7 Å². The van der Waals surface area contributed by atoms with E-state index in [0.29, 0.717) is 6.42 Å². The van der Waals surface area contributed by atoms with Crippen LogP contribution in [0, 0.1) is 0 Å². The third kappa shape index (κ3) is 8.31. The molecule has 0 fully saturated rings. The molecule has 0 heterocycles. The molecule has 0 aliphatic carbocycles. The maximum Gasteiger partial charge on any atom is 0.306 e. The molecule has 2 rings (SSSR count). The summed E-state index contributed by atoms with van der Waals surface area (Å²) in [5, 5.41) is 0. The molecule has 0 N–H and O–H groups in total. The predicted molar refractivity (Wildman–Crippen MR) is 120 cm³/mol. The highest BCUT2D eigenvalue weighted by molar-refractivity contribution is 5.69. The van der Waals surface area contributed by atoms with Gasteiger partial charge in [-0.1, -0.05) is 88.3 Å². The number of hydrogen-bond donors (Lipinski definition) is 0. The summed E-state index contributed by atoms with van der Waals surface area (Å²) in [5.41, 5.74) is 3.29. The van der Waals surface area contributed by atoms with Crippen molar-refractivity contribution in [3.8, 4) is 16.9 Å². The average molecular weight is 397 g/mol. The number of carbonyl (C=O) groups is 1. The lowest BCUT2D eigenvalue weighted by Gasteiger charge is -2.14. The molecular weight excluding hydrogens is 360 g/mol. The number of benzene rings is 2. The molecule has 0 amide bonds. The third-order valence-corrected chi connectivity index (χ3v) is 5.35. The lowest BCUT2D eigenvalue weighted by molar-refractivity contribution is -0.148. The summed E-state index contributed by atoms with van der Waals surface area (Å²) in [7, 11) is 1.67. The largest absolute Gasteiger partial charge is 0.497 e. The van der Waals surface area contributed by atoms with Gasteiger partial charge in [0.15, 0.2) is 0 Å². The van der Waals surface area contributed by atoms with Crippen molar-refractivity contribution in [3.05, 3.63) is 54.1 Å². The van der Waals surface area contributed by atoms with Gasteiger partial charge in [-0.25, -0.2) is 0 Å². The van der Waals surface area contributed by atoms with Gasteiger partial charge in [0.25, 0.3) is 0 Å². The Hall–Kier alpha value is -2.29. The lowest BCUT2D eigenvalue weighted by Crippen LogP contribution is -2.08. The normalized spacial score (nSPS) is 11.8. The first-order valence-electron chi connectivity index (χ1n) is 11.1. The highest BCUT2D eigenvalue weighted by Gasteiger charge is 2.12. The number of unbranched alkanes of at least 4 members (excludes halogenated alkanes) is 7. The second-order valence-electron chi connectivity index (χ2n) is 7.71. The van der Waals surface area contributed by atoms with E-state index in [4.69, 9.17) is 9.47 Å². The van der Waals surface area contributed by atoms with Crippen molar-refractivity contribution in [2.75, 3.05) is 7.11 Å². The summed E-state index contributed by atoms with van der Waals surface area (Å²) >= 11 is 0. The lowest BCUT2D eigenvalue weighted by atomic mass is 10.0. The summed E-state index contributed by atoms with van der Waals surface area (Å²) < 4.78 is 10.8. The Bertz CT molecular complexity index is 704. The minimum Gasteiger partial charge on any atom is -0.497 e. The van der Waals surface area contributed by atoms with Gasteiger partial charge in [0.1, 0.15) is 11.9 Å². The monoisotopic (exact) mass is 396 g/mol. The van der Waals surface area contributed by atoms with Crippen molar-refractivity contribution in [2.24, 2.45) is 0 Å². The van der Waals surface area contributed by atoms with Gasteiger partial charge >= 0.3 is 5.97 Å². The Morgan fingerprint density at radius 2 is 1.31 bits per heavy atom. The van der Waals surface area contributed by atoms with Crippen molar-refractivity contribution in [3.63, 3.8) is 0 Å². The van der Waals surface area contributed by atoms with Gasteiger partial charge in [-0.05, 0) is 42.2 Å². The van der Waals surface area contributed by atoms with E-state index in [1.165, 1.54) is 38.5 Å². The number of methoxy groups -OCH3 is 1. The Labute approximate surface area is 176 Å². The van der Waals surface area contributed by atoms with Crippen LogP contribution in [0.2, 0.25) is 0 Å². The summed E-state index contributed by atoms with van der Waals surface area (Å²) in [6.45, 7) is 4.18. The molecule has 1 unspecified atom stereocenters. The molecule has 29 heavy (non-hydrogen) atoms. The fourth-order valence-corrected chi connectivity index (χ4v) is 3.46. The fourth-order valence-electron chi connectivity index (χ4n) is 3.46. The Kier molecular flexibility index (Phi) is 10.3. The van der Waals surface area contributed by atoms with Gasteiger partial charge in [0.05, 0.1) is 7.11 Å². The first kappa shape index (κ1) is 23.0. The van der Waals surface area contributed by atoms with Gasteiger partial charge in [-0.2, -0.15) is 0 Å². The van der Waals surface area contributed by atoms with Crippen LogP contribution in [0.1, 0.15) is 83.3 Å². The van der Waals surface area contributed by atoms with E-state index in [1.807, 2.05) is 43.3 Å². The second-order valence-corrected chi connectivity index (χ2v) is 7.71. The Morgan fingerprint density at radius 1 is 0.793 bits per heavy atom. The molecule has 0 saturated heterocycles. The van der Waals surface area contributed by atoms with Crippen molar-refractivity contribution >= 4 is 5.97 Å². The minimum absolute atomic E-state index is 0.0947. The zero-order valence-electron chi connectivity index (χ0n) is 18.3. The molecule has 0 aliphatic rings. The van der Waals surface area contributed by atoms with Gasteiger partial charge in [0.2, 0.25) is 0 Å². The topological polar surface area (TPSA) is 35.5 Å². The predicted octanol–water partition coefficient (Wildman–Crippen LogP) is 7.50. The van der Waals surface area contributed by atoms with Gasteiger partial charge in [-0.3, -0.25) is 4.79 Å². The van der Waals surface area contributed by atoms with E-state index in [-0.39, 0.29) is 12.1 Å². The molecule has 0 spiro atoms. The van der Waals surface area contributed by atoms with E-state index >= 15 is 0 Å². The summed E-state index contributed by atoms with van der Waals surface area (Å²) in [6, 6.07) is 16.2. The smallest absolute Gasteiger partial charge is 0.306 e. The molecular formula is C26H36O3. The first-order valence-corrected chi connectivity index (χ1v) is 11.1. The van der Waals surface area contributed by atoms with E-state index in [2.05, 4.69) is 19.1 Å². The van der Waals surface area contributed by atoms with Crippen LogP contribution in [0.3, 0.4) is 0 Å². The first-order chi connectivity index (χ1) is 14.1. The van der Waals surface area contributed by atoms with Crippen LogP contribution in [0.15, 0.2) is 48.5 Å². The van der Waals surface area contributed by atoms with Crippen molar-refractivity contribution in [1.29, 1.82) is 0 Å². The zero-order chi connectivity index (χ0) is 20.9. The van der Waals surface area contributed by atoms with Crippen LogP contribution in [0.25, 0.3) is 11.1 Å². The number of rotatable bonds is 13. The number of esters is 1. The van der Waals surface area contributed by atoms with Crippen LogP contribution < -0.4 is 4.74 Å². The maximum absolute atomic E-state index is 12.1. The summed E-state index contributed by atoms with van der Waals surface area (Å²) in [6.07, 6.45) is 10.1. The van der Waals surface area contributed by atoms with Crippen LogP contribution in [-0.2, 0) is 9.53 Å². The maximum atomic E-state index is 12.1. The quantitative estimate of drug-likeness (QED) is 0.260. The number of hydrogen-bond acceptors (Lipinski definition) is 3. The highest BCUT2D eigenvalue weighted by Crippen LogP contribution is 2.25. The molecule has 0 aliphatic heterocycles. The van der Waals surface area contributed by atoms with Gasteiger partial charge < -0.3 is 9.47 Å². The number of ether oxygens (including phenoxy) is 2. The molecule has 0 radical (unpaired) electrons. The van der Waals surface area contributed by atoms with E-state index in [0.717, 1.165) is 35.3 Å². The van der Waals surface area contributed by atoms with E-state index in [1.54, 1.807) is 7.11 Å². The molecule has 2 aromatic carbocycles. The second kappa shape index (κ2) is 13.0. The molecule has 2 aromatic rings. The van der Waals surface area contributed by atoms with E-state index in [9.17, 15) is 4.79 Å². The Morgan fingerprint density at radius 3 is 1.86 bits per heavy atom. The molecule has 0 aromatic heterocycles. The minimum atomic E-state index is -0.221. The van der Waals surface area contributed by atoms with Crippen LogP contribution >= 0.6 is 0 Å². The molecule has 3 heteroatoms. The highest BCUT2D eigenvalue weighted by atomic mass is 16.5. The average Bonchev–Trinajstić information content (AvgIpc) is 2.75. The standard InChI is InChI=1S/C26H36O3/c1-4-5-6-7-8-9-10-11-12-26(27)29-21(2)22-13-15-23(16-14-22)24-17-19-25(28-3)20-18-24/h13-21H,4-12H2,1-3H3. The SMILES string of the molecule is CCCCCCCCCCC(=O)OC(C)c1ccc(-c2ccc(OC)cc2)cc1. The summed E-state index contributed by atoms with van der Waals surface area (Å²) in [4.78, 5) is 12.1.